The van der Waals surface area contributed by atoms with E-state index in [0.29, 0.717) is 11.6 Å². The van der Waals surface area contributed by atoms with E-state index in [9.17, 15) is 9.59 Å². The molecule has 0 spiro atoms. The van der Waals surface area contributed by atoms with E-state index in [-0.39, 0.29) is 36.2 Å². The van der Waals surface area contributed by atoms with Crippen LogP contribution in [0.15, 0.2) is 58.5 Å². The number of amides is 2. The number of furan rings is 1. The highest BCUT2D eigenvalue weighted by Crippen LogP contribution is 2.38. The summed E-state index contributed by atoms with van der Waals surface area (Å²) in [4.78, 5) is 31.4. The van der Waals surface area contributed by atoms with E-state index in [1.54, 1.807) is 28.4 Å². The highest BCUT2D eigenvalue weighted by atomic mass is 35.5. The summed E-state index contributed by atoms with van der Waals surface area (Å²) in [6.45, 7) is 4.59. The lowest BCUT2D eigenvalue weighted by Crippen LogP contribution is -2.49. The van der Waals surface area contributed by atoms with Crippen LogP contribution in [-0.2, 0) is 11.2 Å². The molecule has 2 aromatic heterocycles. The molecule has 0 N–H and O–H groups in total. The molecule has 0 saturated carbocycles. The SMILES string of the molecule is CCC(C)N(CC(=O)N1CCc2sccc2C1c1ccc(Cl)cc1)C(=O)c1ccco1. The second-order valence-corrected chi connectivity index (χ2v) is 9.20. The van der Waals surface area contributed by atoms with Gasteiger partial charge in [0.25, 0.3) is 5.91 Å². The molecule has 31 heavy (non-hydrogen) atoms. The van der Waals surface area contributed by atoms with E-state index in [2.05, 4.69) is 11.4 Å². The topological polar surface area (TPSA) is 53.8 Å². The first kappa shape index (κ1) is 21.7. The predicted octanol–water partition coefficient (Wildman–Crippen LogP) is 5.41. The van der Waals surface area contributed by atoms with Crippen LogP contribution in [0.3, 0.4) is 0 Å². The fourth-order valence-electron chi connectivity index (χ4n) is 4.02. The maximum atomic E-state index is 13.6. The molecule has 2 amide bonds. The molecule has 2 unspecified atom stereocenters. The summed E-state index contributed by atoms with van der Waals surface area (Å²) in [7, 11) is 0. The quantitative estimate of drug-likeness (QED) is 0.498. The number of benzene rings is 1. The Bertz CT molecular complexity index is 1050. The van der Waals surface area contributed by atoms with Gasteiger partial charge in [0, 0.05) is 22.5 Å². The van der Waals surface area contributed by atoms with Crippen LogP contribution in [0.4, 0.5) is 0 Å². The number of carbonyl (C=O) groups excluding carboxylic acids is 2. The lowest BCUT2D eigenvalue weighted by atomic mass is 9.93. The third-order valence-electron chi connectivity index (χ3n) is 5.89. The summed E-state index contributed by atoms with van der Waals surface area (Å²) in [5.41, 5.74) is 2.17. The first-order valence-electron chi connectivity index (χ1n) is 10.4. The van der Waals surface area contributed by atoms with Gasteiger partial charge in [-0.05, 0) is 66.6 Å². The van der Waals surface area contributed by atoms with Crippen LogP contribution in [0.1, 0.15) is 52.9 Å². The summed E-state index contributed by atoms with van der Waals surface area (Å²) in [6.07, 6.45) is 3.04. The molecule has 1 aliphatic heterocycles. The molecule has 1 aliphatic rings. The lowest BCUT2D eigenvalue weighted by Gasteiger charge is -2.38. The molecule has 7 heteroatoms. The zero-order chi connectivity index (χ0) is 22.0. The fourth-order valence-corrected chi connectivity index (χ4v) is 5.05. The van der Waals surface area contributed by atoms with Crippen molar-refractivity contribution in [3.8, 4) is 0 Å². The van der Waals surface area contributed by atoms with Gasteiger partial charge in [0.1, 0.15) is 6.54 Å². The maximum Gasteiger partial charge on any atom is 0.290 e. The molecular formula is C24H25ClN2O3S. The molecule has 4 rings (SSSR count). The molecule has 5 nitrogen and oxygen atoms in total. The fraction of sp³-hybridized carbons (Fsp3) is 0.333. The van der Waals surface area contributed by atoms with Crippen molar-refractivity contribution in [2.24, 2.45) is 0 Å². The van der Waals surface area contributed by atoms with Crippen molar-refractivity contribution in [1.29, 1.82) is 0 Å². The van der Waals surface area contributed by atoms with E-state index < -0.39 is 0 Å². The van der Waals surface area contributed by atoms with Gasteiger partial charge >= 0.3 is 0 Å². The van der Waals surface area contributed by atoms with Crippen LogP contribution in [-0.4, -0.2) is 40.7 Å². The summed E-state index contributed by atoms with van der Waals surface area (Å²) in [6, 6.07) is 12.8. The third-order valence-corrected chi connectivity index (χ3v) is 7.14. The maximum absolute atomic E-state index is 13.6. The average molecular weight is 457 g/mol. The Morgan fingerprint density at radius 2 is 2.03 bits per heavy atom. The highest BCUT2D eigenvalue weighted by molar-refractivity contribution is 7.10. The van der Waals surface area contributed by atoms with Crippen LogP contribution in [0.5, 0.6) is 0 Å². The number of halogens is 1. The highest BCUT2D eigenvalue weighted by Gasteiger charge is 2.35. The first-order chi connectivity index (χ1) is 15.0. The van der Waals surface area contributed by atoms with Crippen molar-refractivity contribution >= 4 is 34.8 Å². The number of rotatable bonds is 6. The lowest BCUT2D eigenvalue weighted by molar-refractivity contribution is -0.134. The van der Waals surface area contributed by atoms with Crippen molar-refractivity contribution in [3.05, 3.63) is 80.9 Å². The van der Waals surface area contributed by atoms with Crippen LogP contribution in [0.25, 0.3) is 0 Å². The van der Waals surface area contributed by atoms with Gasteiger partial charge in [-0.2, -0.15) is 0 Å². The number of nitrogens with zero attached hydrogens (tertiary/aromatic N) is 2. The van der Waals surface area contributed by atoms with Crippen molar-refractivity contribution in [2.75, 3.05) is 13.1 Å². The first-order valence-corrected chi connectivity index (χ1v) is 11.7. The molecule has 0 radical (unpaired) electrons. The molecule has 2 atom stereocenters. The van der Waals surface area contributed by atoms with Crippen LogP contribution in [0.2, 0.25) is 5.02 Å². The smallest absolute Gasteiger partial charge is 0.290 e. The van der Waals surface area contributed by atoms with Crippen molar-refractivity contribution < 1.29 is 14.0 Å². The van der Waals surface area contributed by atoms with Gasteiger partial charge in [-0.1, -0.05) is 30.7 Å². The third kappa shape index (κ3) is 4.41. The number of carbonyl (C=O) groups is 2. The summed E-state index contributed by atoms with van der Waals surface area (Å²) >= 11 is 7.83. The van der Waals surface area contributed by atoms with E-state index in [1.807, 2.05) is 43.0 Å². The van der Waals surface area contributed by atoms with Gasteiger partial charge in [-0.3, -0.25) is 9.59 Å². The van der Waals surface area contributed by atoms with Gasteiger partial charge < -0.3 is 14.2 Å². The monoisotopic (exact) mass is 456 g/mol. The van der Waals surface area contributed by atoms with E-state index in [0.717, 1.165) is 24.0 Å². The second kappa shape index (κ2) is 9.28. The Morgan fingerprint density at radius 3 is 2.71 bits per heavy atom. The Kier molecular flexibility index (Phi) is 6.49. The van der Waals surface area contributed by atoms with Crippen LogP contribution < -0.4 is 0 Å². The Morgan fingerprint density at radius 1 is 1.26 bits per heavy atom. The van der Waals surface area contributed by atoms with Crippen LogP contribution in [0, 0.1) is 0 Å². The Hall–Kier alpha value is -2.57. The molecule has 3 aromatic rings. The second-order valence-electron chi connectivity index (χ2n) is 7.76. The van der Waals surface area contributed by atoms with Gasteiger partial charge in [0.2, 0.25) is 5.91 Å². The number of hydrogen-bond acceptors (Lipinski definition) is 4. The number of hydrogen-bond donors (Lipinski definition) is 0. The molecule has 3 heterocycles. The normalized spacial score (nSPS) is 16.6. The Balaban J connectivity index is 1.63. The summed E-state index contributed by atoms with van der Waals surface area (Å²) in [5.74, 6) is -0.0814. The van der Waals surface area contributed by atoms with Crippen LogP contribution >= 0.6 is 22.9 Å². The zero-order valence-corrected chi connectivity index (χ0v) is 19.2. The van der Waals surface area contributed by atoms with E-state index in [1.165, 1.54) is 11.1 Å². The minimum Gasteiger partial charge on any atom is -0.459 e. The number of fused-ring (bicyclic) bond motifs is 1. The molecule has 1 aromatic carbocycles. The van der Waals surface area contributed by atoms with E-state index >= 15 is 0 Å². The van der Waals surface area contributed by atoms with Gasteiger partial charge in [0.15, 0.2) is 5.76 Å². The van der Waals surface area contributed by atoms with E-state index in [4.69, 9.17) is 16.0 Å². The zero-order valence-electron chi connectivity index (χ0n) is 17.6. The van der Waals surface area contributed by atoms with Gasteiger partial charge in [-0.15, -0.1) is 11.3 Å². The van der Waals surface area contributed by atoms with Crippen molar-refractivity contribution in [3.63, 3.8) is 0 Å². The van der Waals surface area contributed by atoms with Crippen molar-refractivity contribution in [2.45, 2.75) is 38.8 Å². The van der Waals surface area contributed by atoms with Crippen molar-refractivity contribution in [1.82, 2.24) is 9.80 Å². The number of thiophene rings is 1. The summed E-state index contributed by atoms with van der Waals surface area (Å²) < 4.78 is 5.31. The largest absolute Gasteiger partial charge is 0.459 e. The predicted molar refractivity (Wildman–Crippen MR) is 123 cm³/mol. The summed E-state index contributed by atoms with van der Waals surface area (Å²) in [5, 5.41) is 2.74. The Labute approximate surface area is 191 Å². The molecule has 0 bridgehead atoms. The molecular weight excluding hydrogens is 432 g/mol. The minimum absolute atomic E-state index is 0.0120. The average Bonchev–Trinajstić information content (AvgIpc) is 3.48. The molecule has 0 saturated heterocycles. The molecule has 162 valence electrons. The molecule has 0 aliphatic carbocycles. The standard InChI is InChI=1S/C24H25ClN2O3S/c1-3-16(2)27(24(29)20-5-4-13-30-20)15-22(28)26-12-10-21-19(11-14-31-21)23(26)17-6-8-18(25)9-7-17/h4-9,11,13-14,16,23H,3,10,12,15H2,1-2H3. The van der Waals surface area contributed by atoms with Gasteiger partial charge in [-0.25, -0.2) is 0 Å². The molecule has 0 fully saturated rings. The van der Waals surface area contributed by atoms with Gasteiger partial charge in [0.05, 0.1) is 12.3 Å². The minimum atomic E-state index is -0.260.